The number of hydrogen-bond donors (Lipinski definition) is 0. The highest BCUT2D eigenvalue weighted by Crippen LogP contribution is 2.31. The van der Waals surface area contributed by atoms with Crippen LogP contribution in [0.25, 0.3) is 0 Å². The highest BCUT2D eigenvalue weighted by Gasteiger charge is 2.06. The zero-order valence-electron chi connectivity index (χ0n) is 13.1. The Balaban J connectivity index is 2.72. The van der Waals surface area contributed by atoms with Gasteiger partial charge in [0, 0.05) is 19.2 Å². The van der Waals surface area contributed by atoms with Gasteiger partial charge in [0.1, 0.15) is 30.4 Å². The number of likely N-dealkylation sites (N-methyl/N-ethyl adjacent to an activating group) is 2. The Kier molecular flexibility index (Phi) is 7.46. The first-order valence-electron chi connectivity index (χ1n) is 6.80. The first kappa shape index (κ1) is 17.2. The predicted octanol–water partition coefficient (Wildman–Crippen LogP) is 1.53. The Morgan fingerprint density at radius 3 is 2.24 bits per heavy atom. The maximum atomic E-state index is 10.4. The van der Waals surface area contributed by atoms with Crippen LogP contribution in [0.5, 0.6) is 11.5 Å². The fourth-order valence-corrected chi connectivity index (χ4v) is 1.53. The van der Waals surface area contributed by atoms with Gasteiger partial charge in [-0.25, -0.2) is 4.79 Å². The number of nitrogens with zero attached hydrogens (tertiary/aromatic N) is 3. The largest absolute Gasteiger partial charge is 0.492 e. The lowest BCUT2D eigenvalue weighted by atomic mass is 10.3. The number of carbonyl (C=O) groups excluding carboxylic acids is 1. The number of isocyanates is 1. The number of rotatable bonds is 9. The van der Waals surface area contributed by atoms with Crippen LogP contribution in [0.2, 0.25) is 0 Å². The number of aliphatic imine (C=N–C) groups is 1. The quantitative estimate of drug-likeness (QED) is 0.510. The molecule has 0 aliphatic rings. The second-order valence-electron chi connectivity index (χ2n) is 5.14. The molecular formula is C15H23N3O3. The SMILES string of the molecule is CN(C)CCOc1ccc(N=C=O)c(OCCN(C)C)c1. The summed E-state index contributed by atoms with van der Waals surface area (Å²) in [6.45, 7) is 2.69. The molecule has 0 saturated heterocycles. The van der Waals surface area contributed by atoms with E-state index in [1.165, 1.54) is 6.08 Å². The van der Waals surface area contributed by atoms with Crippen molar-refractivity contribution < 1.29 is 14.3 Å². The zero-order chi connectivity index (χ0) is 15.7. The highest BCUT2D eigenvalue weighted by molar-refractivity contribution is 5.59. The van der Waals surface area contributed by atoms with E-state index in [9.17, 15) is 4.79 Å². The normalized spacial score (nSPS) is 10.6. The third-order valence-electron chi connectivity index (χ3n) is 2.70. The summed E-state index contributed by atoms with van der Waals surface area (Å²) < 4.78 is 11.3. The van der Waals surface area contributed by atoms with Gasteiger partial charge in [0.25, 0.3) is 0 Å². The standard InChI is InChI=1S/C15H23N3O3/c1-17(2)7-9-20-13-5-6-14(16-12-19)15(11-13)21-10-8-18(3)4/h5-6,11H,7-10H2,1-4H3. The second kappa shape index (κ2) is 9.13. The smallest absolute Gasteiger partial charge is 0.240 e. The minimum atomic E-state index is 0.462. The van der Waals surface area contributed by atoms with Crippen LogP contribution < -0.4 is 9.47 Å². The van der Waals surface area contributed by atoms with Gasteiger partial charge in [0.15, 0.2) is 0 Å². The van der Waals surface area contributed by atoms with Crippen molar-refractivity contribution in [2.45, 2.75) is 0 Å². The number of benzene rings is 1. The molecule has 0 aliphatic heterocycles. The average Bonchev–Trinajstić information content (AvgIpc) is 2.41. The van der Waals surface area contributed by atoms with Crippen LogP contribution in [-0.4, -0.2) is 70.4 Å². The third kappa shape index (κ3) is 6.90. The Hall–Kier alpha value is -1.88. The van der Waals surface area contributed by atoms with Crippen molar-refractivity contribution in [2.24, 2.45) is 4.99 Å². The molecule has 0 N–H and O–H groups in total. The predicted molar refractivity (Wildman–Crippen MR) is 82.3 cm³/mol. The van der Waals surface area contributed by atoms with E-state index in [1.54, 1.807) is 18.2 Å². The summed E-state index contributed by atoms with van der Waals surface area (Å²) in [7, 11) is 7.91. The minimum absolute atomic E-state index is 0.462. The molecule has 0 amide bonds. The van der Waals surface area contributed by atoms with Gasteiger partial charge in [-0.15, -0.1) is 0 Å². The number of ether oxygens (including phenoxy) is 2. The van der Waals surface area contributed by atoms with Gasteiger partial charge in [-0.2, -0.15) is 4.99 Å². The van der Waals surface area contributed by atoms with E-state index >= 15 is 0 Å². The maximum absolute atomic E-state index is 10.4. The van der Waals surface area contributed by atoms with Crippen molar-refractivity contribution in [3.05, 3.63) is 18.2 Å². The van der Waals surface area contributed by atoms with Crippen molar-refractivity contribution in [3.63, 3.8) is 0 Å². The lowest BCUT2D eigenvalue weighted by molar-refractivity contribution is 0.251. The first-order valence-corrected chi connectivity index (χ1v) is 6.80. The summed E-state index contributed by atoms with van der Waals surface area (Å²) in [5.41, 5.74) is 0.462. The molecule has 0 bridgehead atoms. The molecule has 1 rings (SSSR count). The van der Waals surface area contributed by atoms with Gasteiger partial charge in [0.2, 0.25) is 6.08 Å². The molecular weight excluding hydrogens is 270 g/mol. The van der Waals surface area contributed by atoms with E-state index in [4.69, 9.17) is 9.47 Å². The van der Waals surface area contributed by atoms with Crippen LogP contribution in [0.3, 0.4) is 0 Å². The summed E-state index contributed by atoms with van der Waals surface area (Å²) in [5.74, 6) is 1.23. The topological polar surface area (TPSA) is 54.4 Å². The fourth-order valence-electron chi connectivity index (χ4n) is 1.53. The summed E-state index contributed by atoms with van der Waals surface area (Å²) >= 11 is 0. The van der Waals surface area contributed by atoms with Gasteiger partial charge in [-0.05, 0) is 40.3 Å². The molecule has 0 fully saturated rings. The van der Waals surface area contributed by atoms with E-state index < -0.39 is 0 Å². The summed E-state index contributed by atoms with van der Waals surface area (Å²) in [5, 5.41) is 0. The summed E-state index contributed by atoms with van der Waals surface area (Å²) in [6, 6.07) is 5.22. The van der Waals surface area contributed by atoms with Crippen LogP contribution >= 0.6 is 0 Å². The zero-order valence-corrected chi connectivity index (χ0v) is 13.1. The fraction of sp³-hybridized carbons (Fsp3) is 0.533. The summed E-state index contributed by atoms with van der Waals surface area (Å²) in [6.07, 6.45) is 1.54. The maximum Gasteiger partial charge on any atom is 0.240 e. The molecule has 116 valence electrons. The Labute approximate surface area is 126 Å². The third-order valence-corrected chi connectivity index (χ3v) is 2.70. The van der Waals surface area contributed by atoms with E-state index in [0.717, 1.165) is 13.1 Å². The van der Waals surface area contributed by atoms with Gasteiger partial charge in [0.05, 0.1) is 0 Å². The molecule has 6 nitrogen and oxygen atoms in total. The van der Waals surface area contributed by atoms with Crippen LogP contribution in [0.4, 0.5) is 5.69 Å². The Morgan fingerprint density at radius 1 is 1.05 bits per heavy atom. The monoisotopic (exact) mass is 293 g/mol. The molecule has 0 unspecified atom stereocenters. The Bertz CT molecular complexity index is 483. The van der Waals surface area contributed by atoms with E-state index in [1.807, 2.05) is 38.0 Å². The molecule has 0 heterocycles. The van der Waals surface area contributed by atoms with Crippen molar-refractivity contribution in [1.29, 1.82) is 0 Å². The second-order valence-corrected chi connectivity index (χ2v) is 5.14. The van der Waals surface area contributed by atoms with Crippen molar-refractivity contribution >= 4 is 11.8 Å². The van der Waals surface area contributed by atoms with Crippen LogP contribution in [0.15, 0.2) is 23.2 Å². The molecule has 0 atom stereocenters. The lowest BCUT2D eigenvalue weighted by Gasteiger charge is -2.14. The minimum Gasteiger partial charge on any atom is -0.492 e. The number of hydrogen-bond acceptors (Lipinski definition) is 6. The molecule has 0 spiro atoms. The molecule has 21 heavy (non-hydrogen) atoms. The Morgan fingerprint density at radius 2 is 1.67 bits per heavy atom. The van der Waals surface area contributed by atoms with Gasteiger partial charge in [-0.3, -0.25) is 0 Å². The van der Waals surface area contributed by atoms with Crippen molar-refractivity contribution in [2.75, 3.05) is 54.5 Å². The molecule has 0 aromatic heterocycles. The van der Waals surface area contributed by atoms with E-state index in [-0.39, 0.29) is 0 Å². The highest BCUT2D eigenvalue weighted by atomic mass is 16.5. The molecule has 6 heteroatoms. The van der Waals surface area contributed by atoms with Crippen molar-refractivity contribution in [1.82, 2.24) is 9.80 Å². The molecule has 0 aliphatic carbocycles. The summed E-state index contributed by atoms with van der Waals surface area (Å²) in [4.78, 5) is 18.1. The average molecular weight is 293 g/mol. The van der Waals surface area contributed by atoms with Gasteiger partial charge >= 0.3 is 0 Å². The van der Waals surface area contributed by atoms with Gasteiger partial charge in [-0.1, -0.05) is 0 Å². The van der Waals surface area contributed by atoms with E-state index in [2.05, 4.69) is 4.99 Å². The van der Waals surface area contributed by atoms with Crippen LogP contribution in [-0.2, 0) is 4.79 Å². The van der Waals surface area contributed by atoms with E-state index in [0.29, 0.717) is 30.4 Å². The van der Waals surface area contributed by atoms with Crippen LogP contribution in [0, 0.1) is 0 Å². The molecule has 0 saturated carbocycles. The lowest BCUT2D eigenvalue weighted by Crippen LogP contribution is -2.20. The van der Waals surface area contributed by atoms with Crippen molar-refractivity contribution in [3.8, 4) is 11.5 Å². The molecule has 1 aromatic carbocycles. The molecule has 1 aromatic rings. The first-order chi connectivity index (χ1) is 10.0. The van der Waals surface area contributed by atoms with Crippen LogP contribution in [0.1, 0.15) is 0 Å². The molecule has 0 radical (unpaired) electrons. The van der Waals surface area contributed by atoms with Gasteiger partial charge < -0.3 is 19.3 Å².